The summed E-state index contributed by atoms with van der Waals surface area (Å²) < 4.78 is 1.36. The van der Waals surface area contributed by atoms with E-state index in [1.165, 1.54) is 10.9 Å². The van der Waals surface area contributed by atoms with E-state index in [1.54, 1.807) is 0 Å². The summed E-state index contributed by atoms with van der Waals surface area (Å²) in [6.07, 6.45) is 4.50. The van der Waals surface area contributed by atoms with E-state index >= 15 is 0 Å². The van der Waals surface area contributed by atoms with Crippen LogP contribution in [0, 0.1) is 10.1 Å². The number of rotatable bonds is 10. The SMILES string of the molecule is O=[N+]([O-])c1cnn(CC(O)CNCCCCCO)c1. The number of unbranched alkanes of at least 4 members (excludes halogenated alkanes) is 2. The van der Waals surface area contributed by atoms with E-state index in [0.717, 1.165) is 32.0 Å². The van der Waals surface area contributed by atoms with Crippen LogP contribution in [0.3, 0.4) is 0 Å². The first-order chi connectivity index (χ1) is 9.13. The van der Waals surface area contributed by atoms with Gasteiger partial charge in [-0.05, 0) is 25.8 Å². The number of nitrogens with zero attached hydrogens (tertiary/aromatic N) is 3. The molecular weight excluding hydrogens is 252 g/mol. The molecule has 0 radical (unpaired) electrons. The molecule has 0 aliphatic carbocycles. The second-order valence-corrected chi connectivity index (χ2v) is 4.32. The fraction of sp³-hybridized carbons (Fsp3) is 0.727. The standard InChI is InChI=1S/C11H20N4O4/c16-5-3-1-2-4-12-7-11(17)9-14-8-10(6-13-14)15(18)19/h6,8,11-12,16-17H,1-5,7,9H2. The second kappa shape index (κ2) is 8.57. The van der Waals surface area contributed by atoms with Gasteiger partial charge in [0.1, 0.15) is 12.4 Å². The third-order valence-corrected chi connectivity index (χ3v) is 2.62. The highest BCUT2D eigenvalue weighted by Gasteiger charge is 2.11. The highest BCUT2D eigenvalue weighted by molar-refractivity contribution is 5.20. The van der Waals surface area contributed by atoms with E-state index in [4.69, 9.17) is 5.11 Å². The molecule has 8 nitrogen and oxygen atoms in total. The van der Waals surface area contributed by atoms with Crippen molar-refractivity contribution in [3.63, 3.8) is 0 Å². The summed E-state index contributed by atoms with van der Waals surface area (Å²) in [7, 11) is 0. The molecule has 3 N–H and O–H groups in total. The number of aliphatic hydroxyl groups is 2. The molecule has 0 saturated carbocycles. The smallest absolute Gasteiger partial charge is 0.306 e. The minimum atomic E-state index is -0.641. The Morgan fingerprint density at radius 3 is 2.89 bits per heavy atom. The van der Waals surface area contributed by atoms with Crippen LogP contribution >= 0.6 is 0 Å². The van der Waals surface area contributed by atoms with Gasteiger partial charge in [0, 0.05) is 13.2 Å². The van der Waals surface area contributed by atoms with Crippen LogP contribution in [0.2, 0.25) is 0 Å². The van der Waals surface area contributed by atoms with Crippen molar-refractivity contribution in [3.8, 4) is 0 Å². The first-order valence-corrected chi connectivity index (χ1v) is 6.30. The van der Waals surface area contributed by atoms with Gasteiger partial charge in [-0.1, -0.05) is 0 Å². The number of nitrogens with one attached hydrogen (secondary N) is 1. The van der Waals surface area contributed by atoms with Gasteiger partial charge in [0.05, 0.1) is 17.6 Å². The Labute approximate surface area is 111 Å². The minimum absolute atomic E-state index is 0.0795. The zero-order valence-corrected chi connectivity index (χ0v) is 10.7. The average molecular weight is 272 g/mol. The molecule has 0 saturated heterocycles. The summed E-state index contributed by atoms with van der Waals surface area (Å²) in [5.74, 6) is 0. The van der Waals surface area contributed by atoms with Crippen molar-refractivity contribution >= 4 is 5.69 Å². The highest BCUT2D eigenvalue weighted by Crippen LogP contribution is 2.07. The normalized spacial score (nSPS) is 12.5. The molecule has 0 spiro atoms. The Balaban J connectivity index is 2.16. The molecule has 108 valence electrons. The minimum Gasteiger partial charge on any atom is -0.396 e. The predicted molar refractivity (Wildman–Crippen MR) is 68.7 cm³/mol. The molecule has 0 fully saturated rings. The van der Waals surface area contributed by atoms with Crippen molar-refractivity contribution in [1.29, 1.82) is 0 Å². The third kappa shape index (κ3) is 6.27. The molecule has 0 aliphatic heterocycles. The topological polar surface area (TPSA) is 113 Å². The molecule has 19 heavy (non-hydrogen) atoms. The Kier molecular flexibility index (Phi) is 7.01. The summed E-state index contributed by atoms with van der Waals surface area (Å²) in [6.45, 7) is 1.61. The Bertz CT molecular complexity index is 383. The van der Waals surface area contributed by atoms with Gasteiger partial charge in [0.15, 0.2) is 0 Å². The van der Waals surface area contributed by atoms with Crippen molar-refractivity contribution in [2.75, 3.05) is 19.7 Å². The van der Waals surface area contributed by atoms with Crippen LogP contribution in [0.25, 0.3) is 0 Å². The Morgan fingerprint density at radius 2 is 2.26 bits per heavy atom. The molecule has 1 aromatic heterocycles. The second-order valence-electron chi connectivity index (χ2n) is 4.32. The molecule has 1 heterocycles. The van der Waals surface area contributed by atoms with E-state index in [-0.39, 0.29) is 18.8 Å². The van der Waals surface area contributed by atoms with Crippen LogP contribution in [0.1, 0.15) is 19.3 Å². The number of aliphatic hydroxyl groups excluding tert-OH is 2. The van der Waals surface area contributed by atoms with E-state index in [2.05, 4.69) is 10.4 Å². The lowest BCUT2D eigenvalue weighted by molar-refractivity contribution is -0.385. The van der Waals surface area contributed by atoms with Gasteiger partial charge in [-0.3, -0.25) is 14.8 Å². The molecule has 1 aromatic rings. The predicted octanol–water partition coefficient (Wildman–Crippen LogP) is -0.0956. The van der Waals surface area contributed by atoms with Crippen LogP contribution in [0.15, 0.2) is 12.4 Å². The van der Waals surface area contributed by atoms with Gasteiger partial charge >= 0.3 is 5.69 Å². The Morgan fingerprint density at radius 1 is 1.47 bits per heavy atom. The van der Waals surface area contributed by atoms with Crippen molar-refractivity contribution in [1.82, 2.24) is 15.1 Å². The number of hydrogen-bond donors (Lipinski definition) is 3. The Hall–Kier alpha value is -1.51. The van der Waals surface area contributed by atoms with Gasteiger partial charge in [0.2, 0.25) is 0 Å². The molecule has 0 amide bonds. The molecule has 1 rings (SSSR count). The first-order valence-electron chi connectivity index (χ1n) is 6.30. The molecule has 0 aromatic carbocycles. The maximum absolute atomic E-state index is 10.5. The van der Waals surface area contributed by atoms with E-state index in [9.17, 15) is 15.2 Å². The fourth-order valence-electron chi connectivity index (χ4n) is 1.63. The lowest BCUT2D eigenvalue weighted by Gasteiger charge is -2.11. The summed E-state index contributed by atoms with van der Waals surface area (Å²) in [5, 5.41) is 35.7. The van der Waals surface area contributed by atoms with Crippen LogP contribution in [-0.2, 0) is 6.54 Å². The zero-order chi connectivity index (χ0) is 14.1. The van der Waals surface area contributed by atoms with Gasteiger partial charge in [0.25, 0.3) is 0 Å². The zero-order valence-electron chi connectivity index (χ0n) is 10.7. The van der Waals surface area contributed by atoms with Crippen molar-refractivity contribution in [3.05, 3.63) is 22.5 Å². The van der Waals surface area contributed by atoms with Crippen LogP contribution < -0.4 is 5.32 Å². The largest absolute Gasteiger partial charge is 0.396 e. The molecule has 1 unspecified atom stereocenters. The molecular formula is C11H20N4O4. The van der Waals surface area contributed by atoms with Crippen LogP contribution in [-0.4, -0.2) is 50.7 Å². The maximum atomic E-state index is 10.5. The molecule has 8 heteroatoms. The number of nitro groups is 1. The number of hydrogen-bond acceptors (Lipinski definition) is 6. The lowest BCUT2D eigenvalue weighted by atomic mass is 10.2. The van der Waals surface area contributed by atoms with Gasteiger partial charge in [-0.25, -0.2) is 0 Å². The van der Waals surface area contributed by atoms with E-state index in [0.29, 0.717) is 6.54 Å². The third-order valence-electron chi connectivity index (χ3n) is 2.62. The van der Waals surface area contributed by atoms with Crippen LogP contribution in [0.4, 0.5) is 5.69 Å². The fourth-order valence-corrected chi connectivity index (χ4v) is 1.63. The maximum Gasteiger partial charge on any atom is 0.306 e. The lowest BCUT2D eigenvalue weighted by Crippen LogP contribution is -2.31. The van der Waals surface area contributed by atoms with Gasteiger partial charge in [-0.15, -0.1) is 0 Å². The van der Waals surface area contributed by atoms with Crippen molar-refractivity contribution in [2.24, 2.45) is 0 Å². The first kappa shape index (κ1) is 15.5. The average Bonchev–Trinajstić information content (AvgIpc) is 2.82. The summed E-state index contributed by atoms with van der Waals surface area (Å²) >= 11 is 0. The number of aromatic nitrogens is 2. The molecule has 1 atom stereocenters. The summed E-state index contributed by atoms with van der Waals surface area (Å²) in [4.78, 5) is 9.94. The van der Waals surface area contributed by atoms with Gasteiger partial charge < -0.3 is 15.5 Å². The van der Waals surface area contributed by atoms with Crippen molar-refractivity contribution in [2.45, 2.75) is 31.9 Å². The van der Waals surface area contributed by atoms with E-state index in [1.807, 2.05) is 0 Å². The summed E-state index contributed by atoms with van der Waals surface area (Å²) in [6, 6.07) is 0. The molecule has 0 bridgehead atoms. The van der Waals surface area contributed by atoms with Gasteiger partial charge in [-0.2, -0.15) is 5.10 Å². The monoisotopic (exact) mass is 272 g/mol. The van der Waals surface area contributed by atoms with Crippen LogP contribution in [0.5, 0.6) is 0 Å². The quantitative estimate of drug-likeness (QED) is 0.311. The summed E-state index contributed by atoms with van der Waals surface area (Å²) in [5.41, 5.74) is -0.0795. The highest BCUT2D eigenvalue weighted by atomic mass is 16.6. The van der Waals surface area contributed by atoms with E-state index < -0.39 is 11.0 Å². The van der Waals surface area contributed by atoms with Crippen molar-refractivity contribution < 1.29 is 15.1 Å². The molecule has 0 aliphatic rings.